The van der Waals surface area contributed by atoms with Gasteiger partial charge < -0.3 is 45.0 Å². The van der Waals surface area contributed by atoms with E-state index >= 15 is 0 Å². The predicted molar refractivity (Wildman–Crippen MR) is 169 cm³/mol. The Bertz CT molecular complexity index is 1510. The third-order valence-electron chi connectivity index (χ3n) is 6.60. The van der Waals surface area contributed by atoms with E-state index in [1.54, 1.807) is 19.2 Å². The van der Waals surface area contributed by atoms with Crippen LogP contribution in [0.4, 0.5) is 17.8 Å². The molecule has 0 aliphatic carbocycles. The molecule has 0 spiro atoms. The zero-order chi connectivity index (χ0) is 31.1. The van der Waals surface area contributed by atoms with Gasteiger partial charge in [-0.2, -0.15) is 15.0 Å². The average Bonchev–Trinajstić information content (AvgIpc) is 3.56. The number of rotatable bonds is 18. The van der Waals surface area contributed by atoms with E-state index < -0.39 is 0 Å². The molecular formula is C32H37N7O6. The summed E-state index contributed by atoms with van der Waals surface area (Å²) in [6.45, 7) is 3.80. The van der Waals surface area contributed by atoms with Crippen LogP contribution in [0, 0.1) is 0 Å². The zero-order valence-corrected chi connectivity index (χ0v) is 25.1. The van der Waals surface area contributed by atoms with Crippen molar-refractivity contribution in [3.63, 3.8) is 0 Å². The molecule has 4 aromatic rings. The van der Waals surface area contributed by atoms with Gasteiger partial charge in [-0.1, -0.05) is 36.4 Å². The van der Waals surface area contributed by atoms with Crippen LogP contribution in [-0.2, 0) is 22.6 Å². The van der Waals surface area contributed by atoms with Crippen LogP contribution in [-0.4, -0.2) is 74.3 Å². The molecule has 1 aromatic heterocycles. The predicted octanol–water partition coefficient (Wildman–Crippen LogP) is 3.71. The van der Waals surface area contributed by atoms with Crippen LogP contribution in [0.2, 0.25) is 0 Å². The lowest BCUT2D eigenvalue weighted by Crippen LogP contribution is -2.27. The molecule has 3 aromatic carbocycles. The molecule has 0 saturated carbocycles. The molecule has 0 radical (unpaired) electrons. The highest BCUT2D eigenvalue weighted by molar-refractivity contribution is 5.94. The van der Waals surface area contributed by atoms with Gasteiger partial charge in [-0.25, -0.2) is 0 Å². The van der Waals surface area contributed by atoms with E-state index in [0.717, 1.165) is 28.4 Å². The minimum absolute atomic E-state index is 0.120. The van der Waals surface area contributed by atoms with Crippen LogP contribution in [0.15, 0.2) is 72.8 Å². The van der Waals surface area contributed by atoms with Crippen molar-refractivity contribution in [1.29, 1.82) is 0 Å². The van der Waals surface area contributed by atoms with Crippen molar-refractivity contribution in [3.05, 3.63) is 89.5 Å². The Morgan fingerprint density at radius 1 is 0.711 bits per heavy atom. The van der Waals surface area contributed by atoms with Gasteiger partial charge in [0.1, 0.15) is 5.75 Å². The lowest BCUT2D eigenvalue weighted by molar-refractivity contribution is 0.0519. The summed E-state index contributed by atoms with van der Waals surface area (Å²) < 4.78 is 27.3. The molecule has 0 bridgehead atoms. The van der Waals surface area contributed by atoms with Crippen molar-refractivity contribution in [1.82, 2.24) is 20.3 Å². The molecule has 0 unspecified atom stereocenters. The SMILES string of the molecule is COc1ccc(CNc2nc(NCCOCCOCCNC(=O)c3ccccc3)nc(NCc3ccc4c(c3)OCO4)n2)cc1. The quantitative estimate of drug-likeness (QED) is 0.121. The van der Waals surface area contributed by atoms with Gasteiger partial charge in [0.2, 0.25) is 24.6 Å². The van der Waals surface area contributed by atoms with Crippen LogP contribution >= 0.6 is 0 Å². The third kappa shape index (κ3) is 9.95. The lowest BCUT2D eigenvalue weighted by Gasteiger charge is -2.12. The number of carbonyl (C=O) groups is 1. The number of nitrogens with one attached hydrogen (secondary N) is 4. The van der Waals surface area contributed by atoms with Gasteiger partial charge in [0.15, 0.2) is 11.5 Å². The number of hydrogen-bond acceptors (Lipinski definition) is 12. The van der Waals surface area contributed by atoms with Crippen molar-refractivity contribution in [2.75, 3.05) is 69.4 Å². The van der Waals surface area contributed by atoms with Crippen LogP contribution in [0.1, 0.15) is 21.5 Å². The number of amides is 1. The molecule has 1 aliphatic heterocycles. The van der Waals surface area contributed by atoms with Gasteiger partial charge in [-0.15, -0.1) is 0 Å². The topological polar surface area (TPSA) is 150 Å². The number of benzene rings is 3. The molecule has 4 N–H and O–H groups in total. The molecule has 0 saturated heterocycles. The molecule has 13 heteroatoms. The van der Waals surface area contributed by atoms with Gasteiger partial charge in [-0.3, -0.25) is 4.79 Å². The number of ether oxygens (including phenoxy) is 5. The normalized spacial score (nSPS) is 11.6. The summed E-state index contributed by atoms with van der Waals surface area (Å²) in [5.41, 5.74) is 2.67. The highest BCUT2D eigenvalue weighted by Crippen LogP contribution is 2.32. The molecule has 13 nitrogen and oxygen atoms in total. The fourth-order valence-corrected chi connectivity index (χ4v) is 4.25. The minimum atomic E-state index is -0.120. The average molecular weight is 616 g/mol. The largest absolute Gasteiger partial charge is 0.497 e. The fraction of sp³-hybridized carbons (Fsp3) is 0.312. The second-order valence-electron chi connectivity index (χ2n) is 9.82. The second kappa shape index (κ2) is 16.6. The first-order valence-electron chi connectivity index (χ1n) is 14.6. The van der Waals surface area contributed by atoms with Gasteiger partial charge >= 0.3 is 0 Å². The first-order chi connectivity index (χ1) is 22.2. The zero-order valence-electron chi connectivity index (χ0n) is 25.1. The maximum atomic E-state index is 12.0. The minimum Gasteiger partial charge on any atom is -0.497 e. The Morgan fingerprint density at radius 2 is 1.33 bits per heavy atom. The summed E-state index contributed by atoms with van der Waals surface area (Å²) >= 11 is 0. The Labute approximate surface area is 261 Å². The third-order valence-corrected chi connectivity index (χ3v) is 6.60. The second-order valence-corrected chi connectivity index (χ2v) is 9.82. The number of nitrogens with zero attached hydrogens (tertiary/aromatic N) is 3. The number of methoxy groups -OCH3 is 1. The van der Waals surface area contributed by atoms with E-state index in [9.17, 15) is 4.79 Å². The van der Waals surface area contributed by atoms with Crippen LogP contribution in [0.5, 0.6) is 17.2 Å². The summed E-state index contributed by atoms with van der Waals surface area (Å²) in [6.07, 6.45) is 0. The highest BCUT2D eigenvalue weighted by Gasteiger charge is 2.14. The number of fused-ring (bicyclic) bond motifs is 1. The van der Waals surface area contributed by atoms with E-state index in [0.29, 0.717) is 76.0 Å². The summed E-state index contributed by atoms with van der Waals surface area (Å²) in [7, 11) is 1.64. The monoisotopic (exact) mass is 615 g/mol. The number of aromatic nitrogens is 3. The van der Waals surface area contributed by atoms with Crippen molar-refractivity contribution in [2.24, 2.45) is 0 Å². The number of anilines is 3. The van der Waals surface area contributed by atoms with E-state index in [1.807, 2.05) is 60.7 Å². The number of hydrogen-bond donors (Lipinski definition) is 4. The summed E-state index contributed by atoms with van der Waals surface area (Å²) in [6, 6.07) is 22.6. The number of carbonyl (C=O) groups excluding carboxylic acids is 1. The molecule has 2 heterocycles. The summed E-state index contributed by atoms with van der Waals surface area (Å²) in [5.74, 6) is 3.36. The Kier molecular flexibility index (Phi) is 11.6. The van der Waals surface area contributed by atoms with Crippen LogP contribution < -0.4 is 35.5 Å². The molecule has 0 atom stereocenters. The summed E-state index contributed by atoms with van der Waals surface area (Å²) in [5, 5.41) is 12.6. The van der Waals surface area contributed by atoms with Gasteiger partial charge in [0.25, 0.3) is 5.91 Å². The standard InChI is InChI=1S/C32H37N7O6/c1-41-26-10-7-23(8-11-26)20-35-31-37-30(38-32(39-31)36-21-24-9-12-27-28(19-24)45-22-44-27)34-14-16-43-18-17-42-15-13-33-29(40)25-5-3-2-4-6-25/h2-12,19H,13-18,20-22H2,1H3,(H,33,40)(H3,34,35,36,37,38,39). The molecule has 5 rings (SSSR count). The van der Waals surface area contributed by atoms with Crippen LogP contribution in [0.3, 0.4) is 0 Å². The smallest absolute Gasteiger partial charge is 0.251 e. The molecule has 236 valence electrons. The Morgan fingerprint density at radius 3 is 2.04 bits per heavy atom. The summed E-state index contributed by atoms with van der Waals surface area (Å²) in [4.78, 5) is 25.6. The Hall–Kier alpha value is -5.14. The van der Waals surface area contributed by atoms with Gasteiger partial charge in [0, 0.05) is 31.7 Å². The van der Waals surface area contributed by atoms with Gasteiger partial charge in [-0.05, 0) is 47.5 Å². The van der Waals surface area contributed by atoms with Crippen molar-refractivity contribution in [2.45, 2.75) is 13.1 Å². The maximum absolute atomic E-state index is 12.0. The molecule has 45 heavy (non-hydrogen) atoms. The maximum Gasteiger partial charge on any atom is 0.251 e. The first-order valence-corrected chi connectivity index (χ1v) is 14.6. The van der Waals surface area contributed by atoms with Crippen molar-refractivity contribution in [3.8, 4) is 17.2 Å². The van der Waals surface area contributed by atoms with Gasteiger partial charge in [0.05, 0.1) is 33.5 Å². The van der Waals surface area contributed by atoms with Crippen molar-refractivity contribution < 1.29 is 28.5 Å². The highest BCUT2D eigenvalue weighted by atomic mass is 16.7. The van der Waals surface area contributed by atoms with Crippen molar-refractivity contribution >= 4 is 23.8 Å². The Balaban J connectivity index is 1.06. The van der Waals surface area contributed by atoms with E-state index in [4.69, 9.17) is 23.7 Å². The molecule has 1 aliphatic rings. The molecule has 1 amide bonds. The van der Waals surface area contributed by atoms with E-state index in [2.05, 4.69) is 36.2 Å². The van der Waals surface area contributed by atoms with E-state index in [1.165, 1.54) is 0 Å². The lowest BCUT2D eigenvalue weighted by atomic mass is 10.2. The van der Waals surface area contributed by atoms with E-state index in [-0.39, 0.29) is 12.7 Å². The first kappa shape index (κ1) is 31.3. The molecular weight excluding hydrogens is 578 g/mol. The van der Waals surface area contributed by atoms with Crippen LogP contribution in [0.25, 0.3) is 0 Å². The fourth-order valence-electron chi connectivity index (χ4n) is 4.25. The molecule has 0 fully saturated rings.